The van der Waals surface area contributed by atoms with Crippen LogP contribution in [0.25, 0.3) is 28.1 Å². The monoisotopic (exact) mass is 438 g/mol. The van der Waals surface area contributed by atoms with E-state index in [2.05, 4.69) is 59.3 Å². The minimum absolute atomic E-state index is 0.691. The van der Waals surface area contributed by atoms with Gasteiger partial charge in [-0.05, 0) is 74.5 Å². The van der Waals surface area contributed by atoms with Crippen molar-refractivity contribution in [1.82, 2.24) is 9.55 Å². The SMILES string of the molecule is CCN=c1cc2n(-c3ccc(Cl)cc3)c3ccccc3nc-2cc1Nc1ccc(C)cc1. The molecule has 1 aliphatic heterocycles. The number of aryl methyl sites for hydroxylation is 1. The van der Waals surface area contributed by atoms with E-state index in [0.717, 1.165) is 44.8 Å². The van der Waals surface area contributed by atoms with Crippen molar-refractivity contribution in [2.75, 3.05) is 11.9 Å². The van der Waals surface area contributed by atoms with E-state index in [4.69, 9.17) is 21.6 Å². The Morgan fingerprint density at radius 2 is 1.69 bits per heavy atom. The fourth-order valence-electron chi connectivity index (χ4n) is 3.90. The summed E-state index contributed by atoms with van der Waals surface area (Å²) < 4.78 is 2.22. The Labute approximate surface area is 192 Å². The fourth-order valence-corrected chi connectivity index (χ4v) is 4.03. The molecule has 0 fully saturated rings. The van der Waals surface area contributed by atoms with Gasteiger partial charge in [0.05, 0.1) is 33.5 Å². The van der Waals surface area contributed by atoms with Gasteiger partial charge in [0.1, 0.15) is 0 Å². The van der Waals surface area contributed by atoms with E-state index in [1.807, 2.05) is 49.4 Å². The van der Waals surface area contributed by atoms with Crippen molar-refractivity contribution >= 4 is 34.0 Å². The van der Waals surface area contributed by atoms with Crippen molar-refractivity contribution in [3.63, 3.8) is 0 Å². The molecule has 1 heterocycles. The number of hydrogen-bond donors (Lipinski definition) is 1. The Morgan fingerprint density at radius 3 is 2.44 bits per heavy atom. The topological polar surface area (TPSA) is 42.2 Å². The first-order valence-corrected chi connectivity index (χ1v) is 11.1. The number of aromatic nitrogens is 2. The van der Waals surface area contributed by atoms with Crippen LogP contribution in [0.2, 0.25) is 5.02 Å². The smallest absolute Gasteiger partial charge is 0.0900 e. The average Bonchev–Trinajstić information content (AvgIpc) is 2.80. The molecule has 0 radical (unpaired) electrons. The molecule has 0 amide bonds. The van der Waals surface area contributed by atoms with E-state index >= 15 is 0 Å². The fraction of sp³-hybridized carbons (Fsp3) is 0.111. The molecule has 0 spiro atoms. The van der Waals surface area contributed by atoms with Crippen LogP contribution in [0.4, 0.5) is 11.4 Å². The summed E-state index contributed by atoms with van der Waals surface area (Å²) in [6, 6.07) is 28.6. The number of anilines is 2. The Morgan fingerprint density at radius 1 is 0.938 bits per heavy atom. The molecule has 2 aliphatic rings. The predicted molar refractivity (Wildman–Crippen MR) is 133 cm³/mol. The summed E-state index contributed by atoms with van der Waals surface area (Å²) in [7, 11) is 0. The lowest BCUT2D eigenvalue weighted by atomic mass is 10.1. The molecule has 32 heavy (non-hydrogen) atoms. The molecule has 158 valence electrons. The quantitative estimate of drug-likeness (QED) is 0.315. The van der Waals surface area contributed by atoms with Crippen molar-refractivity contribution < 1.29 is 0 Å². The van der Waals surface area contributed by atoms with Crippen LogP contribution in [0.3, 0.4) is 0 Å². The van der Waals surface area contributed by atoms with Crippen LogP contribution >= 0.6 is 11.6 Å². The van der Waals surface area contributed by atoms with Crippen molar-refractivity contribution in [3.05, 3.63) is 101 Å². The maximum Gasteiger partial charge on any atom is 0.0900 e. The summed E-state index contributed by atoms with van der Waals surface area (Å²) in [6.45, 7) is 4.82. The number of para-hydroxylation sites is 2. The largest absolute Gasteiger partial charge is 0.354 e. The number of nitrogens with zero attached hydrogens (tertiary/aromatic N) is 3. The molecule has 1 N–H and O–H groups in total. The second kappa shape index (κ2) is 8.48. The van der Waals surface area contributed by atoms with Gasteiger partial charge in [-0.25, -0.2) is 4.98 Å². The number of halogens is 1. The van der Waals surface area contributed by atoms with Crippen LogP contribution in [0.15, 0.2) is 89.9 Å². The molecule has 5 heteroatoms. The second-order valence-corrected chi connectivity index (χ2v) is 8.17. The number of hydrogen-bond acceptors (Lipinski definition) is 3. The first-order valence-electron chi connectivity index (χ1n) is 10.7. The normalized spacial score (nSPS) is 11.9. The summed E-state index contributed by atoms with van der Waals surface area (Å²) in [5, 5.41) is 5.15. The molecule has 3 aromatic rings. The van der Waals surface area contributed by atoms with Crippen LogP contribution < -0.4 is 10.7 Å². The van der Waals surface area contributed by atoms with Gasteiger partial charge in [0.2, 0.25) is 0 Å². The van der Waals surface area contributed by atoms with E-state index < -0.39 is 0 Å². The summed E-state index contributed by atoms with van der Waals surface area (Å²) in [5.74, 6) is 0. The Bertz CT molecular complexity index is 1430. The standard InChI is InChI=1S/C27H23ClN4/c1-3-29-23-17-27-25(16-24(23)30-20-12-8-18(2)9-13-20)31-22-6-4-5-7-26(22)32(27)21-14-10-19(28)11-15-21/h4-17,30H,3H2,1-2H3. The zero-order chi connectivity index (χ0) is 22.1. The molecule has 3 aromatic carbocycles. The molecular formula is C27H23ClN4. The highest BCUT2D eigenvalue weighted by Gasteiger charge is 2.16. The molecule has 0 unspecified atom stereocenters. The number of benzene rings is 4. The summed E-state index contributed by atoms with van der Waals surface area (Å²) in [6.07, 6.45) is 0. The van der Waals surface area contributed by atoms with Crippen LogP contribution in [0, 0.1) is 6.92 Å². The van der Waals surface area contributed by atoms with Gasteiger partial charge in [0.25, 0.3) is 0 Å². The zero-order valence-electron chi connectivity index (χ0n) is 18.0. The minimum atomic E-state index is 0.691. The van der Waals surface area contributed by atoms with Gasteiger partial charge in [-0.15, -0.1) is 0 Å². The van der Waals surface area contributed by atoms with Crippen molar-refractivity contribution in [2.24, 2.45) is 4.99 Å². The van der Waals surface area contributed by atoms with Crippen LogP contribution in [-0.4, -0.2) is 16.1 Å². The molecular weight excluding hydrogens is 416 g/mol. The molecule has 0 saturated carbocycles. The van der Waals surface area contributed by atoms with Gasteiger partial charge in [0.15, 0.2) is 0 Å². The molecule has 0 aromatic heterocycles. The summed E-state index contributed by atoms with van der Waals surface area (Å²) >= 11 is 6.16. The van der Waals surface area contributed by atoms with Gasteiger partial charge in [0, 0.05) is 22.9 Å². The number of fused-ring (bicyclic) bond motifs is 2. The third-order valence-corrected chi connectivity index (χ3v) is 5.69. The average molecular weight is 439 g/mol. The lowest BCUT2D eigenvalue weighted by Crippen LogP contribution is -2.15. The Balaban J connectivity index is 1.79. The van der Waals surface area contributed by atoms with Crippen molar-refractivity contribution in [1.29, 1.82) is 0 Å². The van der Waals surface area contributed by atoms with Crippen molar-refractivity contribution in [2.45, 2.75) is 13.8 Å². The highest BCUT2D eigenvalue weighted by atomic mass is 35.5. The summed E-state index contributed by atoms with van der Waals surface area (Å²) in [5.41, 5.74) is 8.06. The molecule has 1 aliphatic carbocycles. The molecule has 0 saturated heterocycles. The Hall–Kier alpha value is -3.63. The number of rotatable bonds is 4. The number of nitrogens with one attached hydrogen (secondary N) is 1. The van der Waals surface area contributed by atoms with Gasteiger partial charge in [-0.2, -0.15) is 0 Å². The Kier molecular flexibility index (Phi) is 5.38. The molecule has 5 rings (SSSR count). The lowest BCUT2D eigenvalue weighted by Gasteiger charge is -2.20. The highest BCUT2D eigenvalue weighted by molar-refractivity contribution is 6.30. The van der Waals surface area contributed by atoms with E-state index in [-0.39, 0.29) is 0 Å². The first kappa shape index (κ1) is 20.3. The zero-order valence-corrected chi connectivity index (χ0v) is 18.8. The van der Waals surface area contributed by atoms with E-state index in [0.29, 0.717) is 11.6 Å². The summed E-state index contributed by atoms with van der Waals surface area (Å²) in [4.78, 5) is 9.75. The van der Waals surface area contributed by atoms with Crippen LogP contribution in [0.1, 0.15) is 12.5 Å². The van der Waals surface area contributed by atoms with Gasteiger partial charge >= 0.3 is 0 Å². The third kappa shape index (κ3) is 3.85. The van der Waals surface area contributed by atoms with E-state index in [1.165, 1.54) is 5.56 Å². The third-order valence-electron chi connectivity index (χ3n) is 5.44. The molecule has 0 atom stereocenters. The lowest BCUT2D eigenvalue weighted by molar-refractivity contribution is 1.04. The van der Waals surface area contributed by atoms with Gasteiger partial charge in [-0.1, -0.05) is 41.4 Å². The van der Waals surface area contributed by atoms with Crippen LogP contribution in [-0.2, 0) is 0 Å². The molecule has 0 bridgehead atoms. The highest BCUT2D eigenvalue weighted by Crippen LogP contribution is 2.30. The second-order valence-electron chi connectivity index (χ2n) is 7.74. The van der Waals surface area contributed by atoms with E-state index in [1.54, 1.807) is 0 Å². The maximum atomic E-state index is 6.16. The maximum absolute atomic E-state index is 6.16. The van der Waals surface area contributed by atoms with Gasteiger partial charge < -0.3 is 9.88 Å². The minimum Gasteiger partial charge on any atom is -0.354 e. The van der Waals surface area contributed by atoms with Crippen LogP contribution in [0.5, 0.6) is 0 Å². The van der Waals surface area contributed by atoms with E-state index in [9.17, 15) is 0 Å². The van der Waals surface area contributed by atoms with Gasteiger partial charge in [-0.3, -0.25) is 4.99 Å². The van der Waals surface area contributed by atoms with Crippen molar-refractivity contribution in [3.8, 4) is 17.1 Å². The predicted octanol–water partition coefficient (Wildman–Crippen LogP) is 6.76. The molecule has 4 nitrogen and oxygen atoms in total. The first-order chi connectivity index (χ1) is 15.6.